The largest absolute Gasteiger partial charge is 0.461 e. The van der Waals surface area contributed by atoms with Crippen LogP contribution in [0.4, 0.5) is 0 Å². The monoisotopic (exact) mass is 526 g/mol. The molecule has 1 fully saturated rings. The molecule has 0 aliphatic carbocycles. The van der Waals surface area contributed by atoms with Gasteiger partial charge in [0.1, 0.15) is 30.3 Å². The van der Waals surface area contributed by atoms with Crippen LogP contribution in [0.5, 0.6) is 0 Å². The molecule has 31 heavy (non-hydrogen) atoms. The zero-order chi connectivity index (χ0) is 22.8. The normalized spacial score (nSPS) is 20.6. The molecule has 8 nitrogen and oxygen atoms in total. The molecule has 1 N–H and O–H groups in total. The Morgan fingerprint density at radius 2 is 2.03 bits per heavy atom. The molecule has 3 rings (SSSR count). The van der Waals surface area contributed by atoms with E-state index < -0.39 is 39.7 Å². The minimum Gasteiger partial charge on any atom is -0.461 e. The van der Waals surface area contributed by atoms with Gasteiger partial charge in [-0.05, 0) is 11.4 Å². The van der Waals surface area contributed by atoms with Crippen LogP contribution in [-0.2, 0) is 35.1 Å². The first-order valence-electron chi connectivity index (χ1n) is 8.92. The van der Waals surface area contributed by atoms with E-state index >= 15 is 0 Å². The van der Waals surface area contributed by atoms with Gasteiger partial charge in [0.05, 0.1) is 6.42 Å². The number of fused-ring (bicyclic) bond motifs is 1. The zero-order valence-electron chi connectivity index (χ0n) is 16.1. The number of hydrogen-bond acceptors (Lipinski definition) is 8. The van der Waals surface area contributed by atoms with Crippen LogP contribution in [0, 0.1) is 0 Å². The van der Waals surface area contributed by atoms with E-state index in [1.165, 1.54) is 34.9 Å². The molecule has 0 spiro atoms. The summed E-state index contributed by atoms with van der Waals surface area (Å²) in [6, 6.07) is 2.88. The highest BCUT2D eigenvalue weighted by Crippen LogP contribution is 2.41. The Hall–Kier alpha value is -1.46. The maximum atomic E-state index is 12.8. The van der Waals surface area contributed by atoms with Crippen LogP contribution >= 0.6 is 57.9 Å². The maximum Gasteiger partial charge on any atom is 0.355 e. The second-order valence-corrected chi connectivity index (χ2v) is 11.3. The molecule has 1 aromatic heterocycles. The summed E-state index contributed by atoms with van der Waals surface area (Å²) in [6.07, 6.45) is 0.157. The van der Waals surface area contributed by atoms with Crippen molar-refractivity contribution in [1.29, 1.82) is 0 Å². The number of amides is 2. The lowest BCUT2D eigenvalue weighted by Gasteiger charge is -2.49. The van der Waals surface area contributed by atoms with E-state index in [-0.39, 0.29) is 30.4 Å². The summed E-state index contributed by atoms with van der Waals surface area (Å²) in [6.45, 7) is 0.516. The molecular weight excluding hydrogens is 511 g/mol. The van der Waals surface area contributed by atoms with Crippen molar-refractivity contribution in [3.8, 4) is 0 Å². The molecule has 168 valence electrons. The summed E-state index contributed by atoms with van der Waals surface area (Å²) < 4.78 is 8.22. The highest BCUT2D eigenvalue weighted by Gasteiger charge is 2.54. The van der Waals surface area contributed by atoms with Gasteiger partial charge in [-0.2, -0.15) is 0 Å². The highest BCUT2D eigenvalue weighted by atomic mass is 35.6. The Bertz CT molecular complexity index is 916. The van der Waals surface area contributed by atoms with E-state index in [1.807, 2.05) is 17.5 Å². The van der Waals surface area contributed by atoms with Gasteiger partial charge >= 0.3 is 11.9 Å². The first-order valence-corrected chi connectivity index (χ1v) is 12.0. The lowest BCUT2D eigenvalue weighted by Crippen LogP contribution is -2.70. The highest BCUT2D eigenvalue weighted by molar-refractivity contribution is 8.00. The second kappa shape index (κ2) is 9.99. The van der Waals surface area contributed by atoms with Crippen LogP contribution in [0.15, 0.2) is 28.8 Å². The Morgan fingerprint density at radius 1 is 1.29 bits per heavy atom. The van der Waals surface area contributed by atoms with Gasteiger partial charge in [-0.25, -0.2) is 4.79 Å². The van der Waals surface area contributed by atoms with Crippen molar-refractivity contribution in [2.45, 2.75) is 28.6 Å². The fraction of sp³-hybridized carbons (Fsp3) is 0.444. The average Bonchev–Trinajstić information content (AvgIpc) is 3.20. The minimum atomic E-state index is -1.83. The number of thiophene rings is 1. The molecule has 2 aliphatic heterocycles. The predicted molar refractivity (Wildman–Crippen MR) is 118 cm³/mol. The topological polar surface area (TPSA) is 102 Å². The van der Waals surface area contributed by atoms with Gasteiger partial charge in [0.15, 0.2) is 0 Å². The van der Waals surface area contributed by atoms with Crippen LogP contribution in [0.3, 0.4) is 0 Å². The van der Waals surface area contributed by atoms with E-state index in [4.69, 9.17) is 44.3 Å². The second-order valence-electron chi connectivity index (χ2n) is 6.63. The molecule has 2 atom stereocenters. The number of thioether (sulfide) groups is 1. The molecule has 0 aromatic carbocycles. The maximum absolute atomic E-state index is 12.8. The summed E-state index contributed by atoms with van der Waals surface area (Å²) in [5.41, 5.74) is 0.329. The number of carbonyl (C=O) groups excluding carboxylic acids is 4. The average molecular weight is 528 g/mol. The molecular formula is C18H17Cl3N2O6S2. The molecule has 0 radical (unpaired) electrons. The summed E-state index contributed by atoms with van der Waals surface area (Å²) in [5, 5.41) is 4.07. The van der Waals surface area contributed by atoms with Gasteiger partial charge in [-0.15, -0.1) is 23.1 Å². The predicted octanol–water partition coefficient (Wildman–Crippen LogP) is 2.42. The molecule has 1 saturated heterocycles. The van der Waals surface area contributed by atoms with Gasteiger partial charge in [-0.3, -0.25) is 19.3 Å². The van der Waals surface area contributed by atoms with Gasteiger partial charge in [0.25, 0.3) is 5.91 Å². The lowest BCUT2D eigenvalue weighted by molar-refractivity contribution is -0.153. The van der Waals surface area contributed by atoms with E-state index in [1.54, 1.807) is 0 Å². The van der Waals surface area contributed by atoms with E-state index in [0.29, 0.717) is 5.57 Å². The standard InChI is InChI=1S/C18H17Cl3N2O6S2/c1-9(24)28-6-10-7-31-16-13(22-12(25)5-11-3-2-4-30-11)15(26)23(16)14(10)17(27)29-8-18(19,20)21/h2-4,13,16H,5-8H2,1H3,(H,22,25)/t13?,16-/m1/s1. The van der Waals surface area contributed by atoms with Crippen LogP contribution in [0.1, 0.15) is 11.8 Å². The Balaban J connectivity index is 1.74. The quantitative estimate of drug-likeness (QED) is 0.330. The van der Waals surface area contributed by atoms with Crippen molar-refractivity contribution in [3.63, 3.8) is 0 Å². The third-order valence-electron chi connectivity index (χ3n) is 4.29. The van der Waals surface area contributed by atoms with Crippen LogP contribution in [0.25, 0.3) is 0 Å². The molecule has 0 saturated carbocycles. The van der Waals surface area contributed by atoms with Crippen molar-refractivity contribution < 1.29 is 28.7 Å². The third kappa shape index (κ3) is 6.07. The number of alkyl halides is 3. The summed E-state index contributed by atoms with van der Waals surface area (Å²) >= 11 is 19.7. The number of nitrogens with one attached hydrogen (secondary N) is 1. The van der Waals surface area contributed by atoms with Crippen molar-refractivity contribution in [3.05, 3.63) is 33.7 Å². The summed E-state index contributed by atoms with van der Waals surface area (Å²) in [5.74, 6) is -1.90. The number of hydrogen-bond donors (Lipinski definition) is 1. The van der Waals surface area contributed by atoms with Crippen molar-refractivity contribution in [2.24, 2.45) is 0 Å². The first kappa shape index (κ1) is 24.2. The molecule has 3 heterocycles. The number of β-lactam (4-membered cyclic amide) rings is 1. The van der Waals surface area contributed by atoms with Gasteiger partial charge in [0, 0.05) is 23.1 Å². The number of carbonyl (C=O) groups is 4. The van der Waals surface area contributed by atoms with Crippen LogP contribution < -0.4 is 5.32 Å². The molecule has 1 aromatic rings. The van der Waals surface area contributed by atoms with Gasteiger partial charge in [0.2, 0.25) is 9.70 Å². The Morgan fingerprint density at radius 3 is 2.65 bits per heavy atom. The lowest BCUT2D eigenvalue weighted by atomic mass is 10.0. The van der Waals surface area contributed by atoms with Crippen LogP contribution in [-0.4, -0.2) is 62.8 Å². The Labute approximate surface area is 201 Å². The molecule has 1 unspecified atom stereocenters. The molecule has 2 aliphatic rings. The first-order chi connectivity index (χ1) is 14.6. The minimum absolute atomic E-state index is 0.0620. The number of ether oxygens (including phenoxy) is 2. The third-order valence-corrected chi connectivity index (χ3v) is 6.83. The molecule has 0 bridgehead atoms. The van der Waals surface area contributed by atoms with Crippen molar-refractivity contribution in [2.75, 3.05) is 19.0 Å². The van der Waals surface area contributed by atoms with Crippen molar-refractivity contribution >= 4 is 81.7 Å². The fourth-order valence-electron chi connectivity index (χ4n) is 2.98. The van der Waals surface area contributed by atoms with Crippen molar-refractivity contribution in [1.82, 2.24) is 10.2 Å². The van der Waals surface area contributed by atoms with Gasteiger partial charge < -0.3 is 14.8 Å². The van der Waals surface area contributed by atoms with E-state index in [9.17, 15) is 19.2 Å². The molecule has 2 amide bonds. The van der Waals surface area contributed by atoms with Gasteiger partial charge in [-0.1, -0.05) is 40.9 Å². The number of esters is 2. The van der Waals surface area contributed by atoms with Crippen LogP contribution in [0.2, 0.25) is 0 Å². The molecule has 13 heteroatoms. The van der Waals surface area contributed by atoms with E-state index in [0.717, 1.165) is 4.88 Å². The fourth-order valence-corrected chi connectivity index (χ4v) is 5.18. The Kier molecular flexibility index (Phi) is 7.80. The number of rotatable bonds is 7. The number of halogens is 3. The van der Waals surface area contributed by atoms with E-state index in [2.05, 4.69) is 5.32 Å². The number of nitrogens with zero attached hydrogens (tertiary/aromatic N) is 1. The summed E-state index contributed by atoms with van der Waals surface area (Å²) in [7, 11) is 0. The smallest absolute Gasteiger partial charge is 0.355 e. The summed E-state index contributed by atoms with van der Waals surface area (Å²) in [4.78, 5) is 51.1. The zero-order valence-corrected chi connectivity index (χ0v) is 20.0. The SMILES string of the molecule is CC(=O)OCC1=C(C(=O)OCC(Cl)(Cl)Cl)N2C(=O)C(NC(=O)Cc3cccs3)[C@H]2SC1.